The van der Waals surface area contributed by atoms with Crippen LogP contribution in [0, 0.1) is 11.3 Å². The lowest BCUT2D eigenvalue weighted by Crippen LogP contribution is -2.63. The van der Waals surface area contributed by atoms with Gasteiger partial charge in [-0.25, -0.2) is 0 Å². The van der Waals surface area contributed by atoms with Crippen LogP contribution in [0.5, 0.6) is 0 Å². The first kappa shape index (κ1) is 9.64. The van der Waals surface area contributed by atoms with E-state index in [1.165, 1.54) is 0 Å². The molecule has 2 bridgehead atoms. The second-order valence-electron chi connectivity index (χ2n) is 5.59. The van der Waals surface area contributed by atoms with Crippen LogP contribution in [-0.2, 0) is 9.53 Å². The summed E-state index contributed by atoms with van der Waals surface area (Å²) in [5.41, 5.74) is -0.130. The first-order chi connectivity index (χ1) is 7.13. The Balaban J connectivity index is 2.00. The van der Waals surface area contributed by atoms with Gasteiger partial charge in [0.1, 0.15) is 0 Å². The van der Waals surface area contributed by atoms with E-state index in [0.29, 0.717) is 24.0 Å². The third-order valence-corrected chi connectivity index (χ3v) is 4.84. The standard InChI is InChI=1S/C12H19NO2/c1-12-5-3-4-10-9(12)6-8(7-15-10)13(2)11(12)14/h8-10H,3-7H2,1-2H3/t8-,9+,10+,12-/m0/s1. The summed E-state index contributed by atoms with van der Waals surface area (Å²) in [6.45, 7) is 2.90. The third-order valence-electron chi connectivity index (χ3n) is 4.84. The Bertz CT molecular complexity index is 304. The molecule has 3 fully saturated rings. The number of likely N-dealkylation sites (tertiary alicyclic amines) is 1. The molecule has 2 saturated heterocycles. The summed E-state index contributed by atoms with van der Waals surface area (Å²) in [7, 11) is 1.94. The molecule has 1 saturated carbocycles. The Morgan fingerprint density at radius 1 is 1.53 bits per heavy atom. The van der Waals surface area contributed by atoms with Crippen molar-refractivity contribution in [3.8, 4) is 0 Å². The van der Waals surface area contributed by atoms with Gasteiger partial charge in [0.2, 0.25) is 5.91 Å². The van der Waals surface area contributed by atoms with E-state index < -0.39 is 0 Å². The number of nitrogens with zero attached hydrogens (tertiary/aromatic N) is 1. The number of carbonyl (C=O) groups excluding carboxylic acids is 1. The van der Waals surface area contributed by atoms with Crippen LogP contribution >= 0.6 is 0 Å². The number of likely N-dealkylation sites (N-methyl/N-ethyl adjacent to an activating group) is 1. The molecule has 2 aliphatic heterocycles. The lowest BCUT2D eigenvalue weighted by Gasteiger charge is -2.56. The van der Waals surface area contributed by atoms with Crippen molar-refractivity contribution < 1.29 is 9.53 Å². The lowest BCUT2D eigenvalue weighted by molar-refractivity contribution is -0.189. The predicted molar refractivity (Wildman–Crippen MR) is 56.4 cm³/mol. The van der Waals surface area contributed by atoms with Gasteiger partial charge >= 0.3 is 0 Å². The van der Waals surface area contributed by atoms with Crippen LogP contribution in [0.2, 0.25) is 0 Å². The first-order valence-corrected chi connectivity index (χ1v) is 6.02. The highest BCUT2D eigenvalue weighted by molar-refractivity contribution is 5.84. The zero-order valence-electron chi connectivity index (χ0n) is 9.53. The molecule has 84 valence electrons. The monoisotopic (exact) mass is 209 g/mol. The molecule has 1 aliphatic carbocycles. The normalized spacial score (nSPS) is 49.3. The summed E-state index contributed by atoms with van der Waals surface area (Å²) in [4.78, 5) is 14.3. The van der Waals surface area contributed by atoms with Gasteiger partial charge < -0.3 is 9.64 Å². The van der Waals surface area contributed by atoms with Gasteiger partial charge in [0.05, 0.1) is 24.2 Å². The largest absolute Gasteiger partial charge is 0.376 e. The summed E-state index contributed by atoms with van der Waals surface area (Å²) in [5, 5.41) is 0. The molecule has 2 heterocycles. The Hall–Kier alpha value is -0.570. The van der Waals surface area contributed by atoms with Gasteiger partial charge in [0, 0.05) is 13.0 Å². The Kier molecular flexibility index (Phi) is 1.91. The minimum absolute atomic E-state index is 0.130. The maximum absolute atomic E-state index is 12.3. The average molecular weight is 209 g/mol. The molecule has 0 spiro atoms. The first-order valence-electron chi connectivity index (χ1n) is 6.02. The summed E-state index contributed by atoms with van der Waals surface area (Å²) in [6, 6.07) is 0.338. The summed E-state index contributed by atoms with van der Waals surface area (Å²) in [5.74, 6) is 0.838. The molecule has 3 heteroatoms. The number of hydrogen-bond acceptors (Lipinski definition) is 2. The topological polar surface area (TPSA) is 29.5 Å². The van der Waals surface area contributed by atoms with E-state index in [9.17, 15) is 4.79 Å². The predicted octanol–water partition coefficient (Wildman–Crippen LogP) is 1.42. The molecular formula is C12H19NO2. The number of fused-ring (bicyclic) bond motifs is 1. The van der Waals surface area contributed by atoms with Crippen molar-refractivity contribution in [3.05, 3.63) is 0 Å². The van der Waals surface area contributed by atoms with Crippen molar-refractivity contribution in [2.75, 3.05) is 13.7 Å². The second-order valence-corrected chi connectivity index (χ2v) is 5.59. The molecule has 0 radical (unpaired) electrons. The maximum Gasteiger partial charge on any atom is 0.228 e. The highest BCUT2D eigenvalue weighted by atomic mass is 16.5. The number of piperidine rings is 1. The molecule has 3 nitrogen and oxygen atoms in total. The van der Waals surface area contributed by atoms with Crippen LogP contribution in [-0.4, -0.2) is 36.6 Å². The van der Waals surface area contributed by atoms with E-state index in [0.717, 1.165) is 32.3 Å². The molecule has 0 aromatic carbocycles. The fourth-order valence-corrected chi connectivity index (χ4v) is 3.78. The highest BCUT2D eigenvalue weighted by Crippen LogP contribution is 2.51. The average Bonchev–Trinajstić information content (AvgIpc) is 2.26. The van der Waals surface area contributed by atoms with Crippen LogP contribution in [0.1, 0.15) is 32.6 Å². The van der Waals surface area contributed by atoms with E-state index in [-0.39, 0.29) is 5.41 Å². The number of carbonyl (C=O) groups is 1. The Morgan fingerprint density at radius 3 is 3.13 bits per heavy atom. The quantitative estimate of drug-likeness (QED) is 0.604. The van der Waals surface area contributed by atoms with Crippen molar-refractivity contribution in [1.82, 2.24) is 4.90 Å². The zero-order valence-corrected chi connectivity index (χ0v) is 9.53. The Morgan fingerprint density at radius 2 is 2.33 bits per heavy atom. The summed E-state index contributed by atoms with van der Waals surface area (Å²) in [6.07, 6.45) is 4.86. The molecule has 0 unspecified atom stereocenters. The van der Waals surface area contributed by atoms with Crippen molar-refractivity contribution in [2.24, 2.45) is 11.3 Å². The second kappa shape index (κ2) is 2.97. The minimum Gasteiger partial charge on any atom is -0.376 e. The highest BCUT2D eigenvalue weighted by Gasteiger charge is 2.55. The Labute approximate surface area is 90.8 Å². The van der Waals surface area contributed by atoms with E-state index in [1.807, 2.05) is 11.9 Å². The molecule has 4 atom stereocenters. The van der Waals surface area contributed by atoms with Crippen molar-refractivity contribution in [1.29, 1.82) is 0 Å². The molecule has 15 heavy (non-hydrogen) atoms. The fourth-order valence-electron chi connectivity index (χ4n) is 3.78. The van der Waals surface area contributed by atoms with E-state index >= 15 is 0 Å². The molecule has 1 amide bonds. The fraction of sp³-hybridized carbons (Fsp3) is 0.917. The van der Waals surface area contributed by atoms with Crippen LogP contribution in [0.25, 0.3) is 0 Å². The number of ether oxygens (including phenoxy) is 1. The molecule has 0 aromatic rings. The molecule has 3 aliphatic rings. The van der Waals surface area contributed by atoms with E-state index in [4.69, 9.17) is 4.74 Å². The van der Waals surface area contributed by atoms with E-state index in [1.54, 1.807) is 0 Å². The smallest absolute Gasteiger partial charge is 0.228 e. The van der Waals surface area contributed by atoms with Gasteiger partial charge in [-0.3, -0.25) is 4.79 Å². The van der Waals surface area contributed by atoms with Gasteiger partial charge in [0.25, 0.3) is 0 Å². The van der Waals surface area contributed by atoms with Gasteiger partial charge in [0.15, 0.2) is 0 Å². The molecule has 0 aromatic heterocycles. The summed E-state index contributed by atoms with van der Waals surface area (Å²) < 4.78 is 5.91. The van der Waals surface area contributed by atoms with Crippen LogP contribution in [0.15, 0.2) is 0 Å². The molecular weight excluding hydrogens is 190 g/mol. The van der Waals surface area contributed by atoms with Gasteiger partial charge in [-0.05, 0) is 25.7 Å². The maximum atomic E-state index is 12.3. The van der Waals surface area contributed by atoms with Crippen LogP contribution in [0.3, 0.4) is 0 Å². The van der Waals surface area contributed by atoms with Crippen LogP contribution < -0.4 is 0 Å². The van der Waals surface area contributed by atoms with Gasteiger partial charge in [-0.1, -0.05) is 6.92 Å². The SMILES string of the molecule is CN1C(=O)[C@@]2(C)CCC[C@H]3OC[C@@H]1C[C@H]32. The summed E-state index contributed by atoms with van der Waals surface area (Å²) >= 11 is 0. The van der Waals surface area contributed by atoms with Crippen molar-refractivity contribution >= 4 is 5.91 Å². The lowest BCUT2D eigenvalue weighted by atomic mass is 9.60. The minimum atomic E-state index is -0.130. The van der Waals surface area contributed by atoms with Crippen molar-refractivity contribution in [3.63, 3.8) is 0 Å². The number of amides is 1. The third kappa shape index (κ3) is 1.13. The molecule has 3 rings (SSSR count). The van der Waals surface area contributed by atoms with E-state index in [2.05, 4.69) is 6.92 Å². The van der Waals surface area contributed by atoms with Gasteiger partial charge in [-0.2, -0.15) is 0 Å². The number of hydrogen-bond donors (Lipinski definition) is 0. The molecule has 0 N–H and O–H groups in total. The zero-order chi connectivity index (χ0) is 10.6. The van der Waals surface area contributed by atoms with Gasteiger partial charge in [-0.15, -0.1) is 0 Å². The van der Waals surface area contributed by atoms with Crippen molar-refractivity contribution in [2.45, 2.75) is 44.8 Å². The number of rotatable bonds is 0. The van der Waals surface area contributed by atoms with Crippen LogP contribution in [0.4, 0.5) is 0 Å².